The van der Waals surface area contributed by atoms with E-state index in [1.54, 1.807) is 30.9 Å². The first-order valence-electron chi connectivity index (χ1n) is 9.07. The van der Waals surface area contributed by atoms with Crippen LogP contribution in [0.1, 0.15) is 43.5 Å². The van der Waals surface area contributed by atoms with Crippen LogP contribution in [-0.4, -0.2) is 57.6 Å². The van der Waals surface area contributed by atoms with Crippen LogP contribution in [0.2, 0.25) is 0 Å². The minimum absolute atomic E-state index is 0. The molecule has 1 amide bonds. The van der Waals surface area contributed by atoms with E-state index in [1.807, 2.05) is 0 Å². The number of nitrogens with zero attached hydrogens (tertiary/aromatic N) is 1. The normalized spacial score (nSPS) is 15.6. The van der Waals surface area contributed by atoms with Crippen LogP contribution >= 0.6 is 12.4 Å². The van der Waals surface area contributed by atoms with Crippen molar-refractivity contribution in [2.75, 3.05) is 26.2 Å². The highest BCUT2D eigenvalue weighted by molar-refractivity contribution is 7.89. The zero-order valence-corrected chi connectivity index (χ0v) is 17.5. The van der Waals surface area contributed by atoms with Crippen molar-refractivity contribution in [1.29, 1.82) is 0 Å². The van der Waals surface area contributed by atoms with Crippen LogP contribution in [0.5, 0.6) is 0 Å². The van der Waals surface area contributed by atoms with E-state index in [-0.39, 0.29) is 35.4 Å². The molecule has 0 unspecified atom stereocenters. The fourth-order valence-electron chi connectivity index (χ4n) is 2.92. The van der Waals surface area contributed by atoms with E-state index < -0.39 is 10.0 Å². The summed E-state index contributed by atoms with van der Waals surface area (Å²) in [6.45, 7) is 5.99. The van der Waals surface area contributed by atoms with Gasteiger partial charge in [-0.05, 0) is 57.9 Å². The molecule has 0 saturated carbocycles. The van der Waals surface area contributed by atoms with E-state index in [9.17, 15) is 13.2 Å². The molecule has 3 N–H and O–H groups in total. The van der Waals surface area contributed by atoms with Crippen molar-refractivity contribution in [2.45, 2.75) is 50.2 Å². The molecule has 0 aromatic heterocycles. The number of rotatable bonds is 8. The van der Waals surface area contributed by atoms with E-state index in [2.05, 4.69) is 4.72 Å². The Bertz CT molecular complexity index is 704. The summed E-state index contributed by atoms with van der Waals surface area (Å²) in [7, 11) is -3.62. The van der Waals surface area contributed by atoms with Crippen LogP contribution < -0.4 is 10.5 Å². The van der Waals surface area contributed by atoms with E-state index >= 15 is 0 Å². The number of piperidine rings is 1. The Morgan fingerprint density at radius 1 is 1.33 bits per heavy atom. The van der Waals surface area contributed by atoms with Crippen molar-refractivity contribution in [3.05, 3.63) is 29.8 Å². The third-order valence-electron chi connectivity index (χ3n) is 4.21. The van der Waals surface area contributed by atoms with Gasteiger partial charge in [0.2, 0.25) is 10.0 Å². The summed E-state index contributed by atoms with van der Waals surface area (Å²) in [6, 6.07) is 5.99. The summed E-state index contributed by atoms with van der Waals surface area (Å²) in [5.74, 6) is -0.146. The Morgan fingerprint density at radius 3 is 2.59 bits per heavy atom. The lowest BCUT2D eigenvalue weighted by Crippen LogP contribution is -2.41. The van der Waals surface area contributed by atoms with Gasteiger partial charge in [0, 0.05) is 31.3 Å². The number of nitrogens with one attached hydrogen (secondary N) is 1. The number of carbonyl (C=O) groups excluding carboxylic acids is 1. The average Bonchev–Trinajstić information content (AvgIpc) is 2.61. The molecule has 1 heterocycles. The number of carbonyl (C=O) groups is 1. The van der Waals surface area contributed by atoms with Crippen LogP contribution in [0, 0.1) is 0 Å². The number of benzene rings is 1. The summed E-state index contributed by atoms with van der Waals surface area (Å²) < 4.78 is 32.9. The Morgan fingerprint density at radius 2 is 2.00 bits per heavy atom. The Hall–Kier alpha value is -1.19. The van der Waals surface area contributed by atoms with Crippen molar-refractivity contribution < 1.29 is 17.9 Å². The molecular formula is C18H30ClN3O4S. The molecule has 9 heteroatoms. The van der Waals surface area contributed by atoms with Gasteiger partial charge in [0.25, 0.3) is 5.91 Å². The molecule has 7 nitrogen and oxygen atoms in total. The van der Waals surface area contributed by atoms with Crippen LogP contribution in [0.25, 0.3) is 0 Å². The van der Waals surface area contributed by atoms with Crippen molar-refractivity contribution in [3.63, 3.8) is 0 Å². The van der Waals surface area contributed by atoms with E-state index in [0.29, 0.717) is 31.8 Å². The fourth-order valence-corrected chi connectivity index (χ4v) is 4.21. The lowest BCUT2D eigenvalue weighted by molar-refractivity contribution is 0.00844. The first-order chi connectivity index (χ1) is 12.3. The number of halogens is 1. The average molecular weight is 420 g/mol. The second-order valence-corrected chi connectivity index (χ2v) is 8.52. The highest BCUT2D eigenvalue weighted by Crippen LogP contribution is 2.18. The number of likely N-dealkylation sites (tertiary alicyclic amines) is 1. The number of nitrogens with two attached hydrogens (primary N) is 1. The van der Waals surface area contributed by atoms with Gasteiger partial charge in [-0.3, -0.25) is 4.79 Å². The molecule has 1 aromatic rings. The van der Waals surface area contributed by atoms with Crippen LogP contribution in [-0.2, 0) is 14.8 Å². The molecule has 1 aliphatic heterocycles. The maximum Gasteiger partial charge on any atom is 0.253 e. The van der Waals surface area contributed by atoms with Crippen LogP contribution in [0.4, 0.5) is 0 Å². The molecule has 27 heavy (non-hydrogen) atoms. The molecule has 0 spiro atoms. The third kappa shape index (κ3) is 7.04. The van der Waals surface area contributed by atoms with Gasteiger partial charge in [-0.2, -0.15) is 0 Å². The molecule has 2 rings (SSSR count). The number of hydrogen-bond donors (Lipinski definition) is 2. The van der Waals surface area contributed by atoms with Crippen molar-refractivity contribution in [2.24, 2.45) is 5.73 Å². The highest BCUT2D eigenvalue weighted by atomic mass is 35.5. The quantitative estimate of drug-likeness (QED) is 0.625. The summed E-state index contributed by atoms with van der Waals surface area (Å²) in [4.78, 5) is 14.6. The summed E-state index contributed by atoms with van der Waals surface area (Å²) >= 11 is 0. The summed E-state index contributed by atoms with van der Waals surface area (Å²) in [5.41, 5.74) is 5.85. The van der Waals surface area contributed by atoms with Gasteiger partial charge in [0.05, 0.1) is 11.0 Å². The standard InChI is InChI=1S/C18H29N3O4S.ClH/c1-14(2)20-26(23,24)17-6-3-5-15(13-17)18(22)21-10-7-16(8-11-21)25-12-4-9-19;/h3,5-6,13-14,16,20H,4,7-12,19H2,1-2H3;1H. The molecule has 0 atom stereocenters. The van der Waals surface area contributed by atoms with E-state index in [1.165, 1.54) is 12.1 Å². The number of amides is 1. The van der Waals surface area contributed by atoms with Crippen LogP contribution in [0.15, 0.2) is 29.2 Å². The number of ether oxygens (including phenoxy) is 1. The molecule has 0 radical (unpaired) electrons. The lowest BCUT2D eigenvalue weighted by atomic mass is 10.1. The van der Waals surface area contributed by atoms with Crippen molar-refractivity contribution >= 4 is 28.3 Å². The zero-order chi connectivity index (χ0) is 19.2. The van der Waals surface area contributed by atoms with Crippen LogP contribution in [0.3, 0.4) is 0 Å². The zero-order valence-electron chi connectivity index (χ0n) is 15.9. The highest BCUT2D eigenvalue weighted by Gasteiger charge is 2.25. The molecule has 1 aromatic carbocycles. The smallest absolute Gasteiger partial charge is 0.253 e. The van der Waals surface area contributed by atoms with E-state index in [0.717, 1.165) is 19.3 Å². The van der Waals surface area contributed by atoms with Gasteiger partial charge in [0.15, 0.2) is 0 Å². The minimum atomic E-state index is -3.62. The molecule has 1 saturated heterocycles. The maximum absolute atomic E-state index is 12.7. The number of hydrogen-bond acceptors (Lipinski definition) is 5. The van der Waals surface area contributed by atoms with Gasteiger partial charge in [-0.25, -0.2) is 13.1 Å². The Kier molecular flexibility index (Phi) is 9.69. The number of sulfonamides is 1. The molecule has 0 bridgehead atoms. The van der Waals surface area contributed by atoms with E-state index in [4.69, 9.17) is 10.5 Å². The Balaban J connectivity index is 0.00000364. The maximum atomic E-state index is 12.7. The summed E-state index contributed by atoms with van der Waals surface area (Å²) in [5, 5.41) is 0. The second-order valence-electron chi connectivity index (χ2n) is 6.81. The topological polar surface area (TPSA) is 102 Å². The van der Waals surface area contributed by atoms with Gasteiger partial charge < -0.3 is 15.4 Å². The molecule has 0 aliphatic carbocycles. The van der Waals surface area contributed by atoms with Gasteiger partial charge >= 0.3 is 0 Å². The predicted octanol–water partition coefficient (Wildman–Crippen LogP) is 1.77. The molecule has 1 aliphatic rings. The molecule has 154 valence electrons. The fraction of sp³-hybridized carbons (Fsp3) is 0.611. The first kappa shape index (κ1) is 23.8. The lowest BCUT2D eigenvalue weighted by Gasteiger charge is -2.32. The van der Waals surface area contributed by atoms with Gasteiger partial charge in [0.1, 0.15) is 0 Å². The largest absolute Gasteiger partial charge is 0.378 e. The minimum Gasteiger partial charge on any atom is -0.378 e. The van der Waals surface area contributed by atoms with Gasteiger partial charge in [-0.1, -0.05) is 6.07 Å². The molecule has 1 fully saturated rings. The summed E-state index contributed by atoms with van der Waals surface area (Å²) in [6.07, 6.45) is 2.56. The Labute approximate surface area is 168 Å². The molecular weight excluding hydrogens is 390 g/mol. The van der Waals surface area contributed by atoms with Crippen molar-refractivity contribution in [1.82, 2.24) is 9.62 Å². The SMILES string of the molecule is CC(C)NS(=O)(=O)c1cccc(C(=O)N2CCC(OCCCN)CC2)c1.Cl. The van der Waals surface area contributed by atoms with Gasteiger partial charge in [-0.15, -0.1) is 12.4 Å². The van der Waals surface area contributed by atoms with Crippen molar-refractivity contribution in [3.8, 4) is 0 Å². The monoisotopic (exact) mass is 419 g/mol. The second kappa shape index (κ2) is 11.0. The predicted molar refractivity (Wildman–Crippen MR) is 108 cm³/mol. The third-order valence-corrected chi connectivity index (χ3v) is 5.87. The first-order valence-corrected chi connectivity index (χ1v) is 10.5.